The van der Waals surface area contributed by atoms with Crippen LogP contribution in [0.2, 0.25) is 0 Å². The van der Waals surface area contributed by atoms with Gasteiger partial charge in [-0.15, -0.1) is 0 Å². The van der Waals surface area contributed by atoms with Gasteiger partial charge in [0.15, 0.2) is 0 Å². The number of hydrogen-bond donors (Lipinski definition) is 3. The fraction of sp³-hybridized carbons (Fsp3) is 0.214. The van der Waals surface area contributed by atoms with Crippen molar-refractivity contribution in [3.63, 3.8) is 0 Å². The molecule has 1 aliphatic rings. The van der Waals surface area contributed by atoms with Crippen molar-refractivity contribution in [2.75, 3.05) is 17.8 Å². The number of aliphatic hydroxyl groups is 1. The third-order valence-electron chi connectivity index (χ3n) is 6.28. The molecule has 4 aromatic rings. The number of benzene rings is 2. The van der Waals surface area contributed by atoms with Crippen molar-refractivity contribution < 1.29 is 18.3 Å². The third-order valence-corrected chi connectivity index (χ3v) is 7.68. The first-order valence-electron chi connectivity index (χ1n) is 12.1. The van der Waals surface area contributed by atoms with Gasteiger partial charge in [0, 0.05) is 37.2 Å². The topological polar surface area (TPSA) is 113 Å². The van der Waals surface area contributed by atoms with Gasteiger partial charge in [-0.25, -0.2) is 8.42 Å². The fourth-order valence-corrected chi connectivity index (χ4v) is 5.35. The average molecular weight is 517 g/mol. The Labute approximate surface area is 216 Å². The van der Waals surface area contributed by atoms with Crippen molar-refractivity contribution in [2.24, 2.45) is 0 Å². The average Bonchev–Trinajstić information content (AvgIpc) is 2.93. The lowest BCUT2D eigenvalue weighted by Gasteiger charge is -2.27. The van der Waals surface area contributed by atoms with Crippen LogP contribution in [0.5, 0.6) is 5.75 Å². The number of nitrogens with one attached hydrogen (secondary N) is 2. The Hall–Kier alpha value is -3.79. The van der Waals surface area contributed by atoms with E-state index in [1.807, 2.05) is 36.4 Å². The van der Waals surface area contributed by atoms with Crippen LogP contribution in [0.4, 0.5) is 5.69 Å². The first-order chi connectivity index (χ1) is 18.0. The molecule has 3 heterocycles. The Morgan fingerprint density at radius 1 is 0.973 bits per heavy atom. The molecule has 190 valence electrons. The number of pyridine rings is 2. The highest BCUT2D eigenvalue weighted by atomic mass is 32.2. The van der Waals surface area contributed by atoms with E-state index < -0.39 is 16.1 Å². The quantitative estimate of drug-likeness (QED) is 0.309. The van der Waals surface area contributed by atoms with E-state index in [-0.39, 0.29) is 11.0 Å². The van der Waals surface area contributed by atoms with Gasteiger partial charge in [-0.05, 0) is 72.0 Å². The summed E-state index contributed by atoms with van der Waals surface area (Å²) in [5, 5.41) is 13.6. The molecule has 37 heavy (non-hydrogen) atoms. The second kappa shape index (κ2) is 11.1. The lowest BCUT2D eigenvalue weighted by Crippen LogP contribution is -2.36. The summed E-state index contributed by atoms with van der Waals surface area (Å²) in [5.74, 6) is 0.856. The van der Waals surface area contributed by atoms with Crippen LogP contribution in [0.25, 0.3) is 11.1 Å². The molecule has 1 aliphatic heterocycles. The SMILES string of the molecule is O=S(=O)(Nc1cccnc1)c1ccc(-c2ccc3c(c2)CCC(CNCC(O)c2cccnc2)O3)cc1. The molecule has 0 aliphatic carbocycles. The van der Waals surface area contributed by atoms with Crippen molar-refractivity contribution in [3.8, 4) is 16.9 Å². The number of ether oxygens (including phenoxy) is 1. The number of aryl methyl sites for hydroxylation is 1. The van der Waals surface area contributed by atoms with Gasteiger partial charge in [0.25, 0.3) is 10.0 Å². The molecule has 0 amide bonds. The zero-order chi connectivity index (χ0) is 25.7. The normalized spacial score (nSPS) is 15.9. The molecule has 5 rings (SSSR count). The molecule has 2 atom stereocenters. The predicted molar refractivity (Wildman–Crippen MR) is 142 cm³/mol. The maximum atomic E-state index is 12.7. The number of nitrogens with zero attached hydrogens (tertiary/aromatic N) is 2. The lowest BCUT2D eigenvalue weighted by molar-refractivity contribution is 0.146. The number of sulfonamides is 1. The number of aromatic nitrogens is 2. The van der Waals surface area contributed by atoms with Gasteiger partial charge in [-0.3, -0.25) is 14.7 Å². The Balaban J connectivity index is 1.19. The van der Waals surface area contributed by atoms with Crippen molar-refractivity contribution in [2.45, 2.75) is 29.9 Å². The maximum Gasteiger partial charge on any atom is 0.261 e. The first kappa shape index (κ1) is 24.9. The molecule has 9 heteroatoms. The molecule has 2 aromatic carbocycles. The van der Waals surface area contributed by atoms with E-state index in [1.165, 1.54) is 6.20 Å². The summed E-state index contributed by atoms with van der Waals surface area (Å²) in [6, 6.07) is 19.9. The van der Waals surface area contributed by atoms with Gasteiger partial charge < -0.3 is 15.2 Å². The Bertz CT molecular complexity index is 1430. The molecular weight excluding hydrogens is 488 g/mol. The van der Waals surface area contributed by atoms with E-state index in [0.717, 1.165) is 40.8 Å². The van der Waals surface area contributed by atoms with Crippen LogP contribution >= 0.6 is 0 Å². The van der Waals surface area contributed by atoms with Gasteiger partial charge in [-0.1, -0.05) is 24.3 Å². The minimum atomic E-state index is -3.70. The van der Waals surface area contributed by atoms with E-state index in [1.54, 1.807) is 42.9 Å². The zero-order valence-electron chi connectivity index (χ0n) is 20.1. The third kappa shape index (κ3) is 6.14. The molecule has 0 saturated carbocycles. The maximum absolute atomic E-state index is 12.7. The molecule has 0 bridgehead atoms. The molecule has 0 spiro atoms. The van der Waals surface area contributed by atoms with Crippen LogP contribution in [-0.2, 0) is 16.4 Å². The van der Waals surface area contributed by atoms with E-state index >= 15 is 0 Å². The summed E-state index contributed by atoms with van der Waals surface area (Å²) in [7, 11) is -3.70. The molecule has 0 saturated heterocycles. The second-order valence-corrected chi connectivity index (χ2v) is 10.6. The Kier molecular flexibility index (Phi) is 7.45. The Morgan fingerprint density at radius 3 is 2.46 bits per heavy atom. The fourth-order valence-electron chi connectivity index (χ4n) is 4.30. The summed E-state index contributed by atoms with van der Waals surface area (Å²) in [4.78, 5) is 8.17. The van der Waals surface area contributed by atoms with Gasteiger partial charge in [0.1, 0.15) is 11.9 Å². The van der Waals surface area contributed by atoms with E-state index in [9.17, 15) is 13.5 Å². The van der Waals surface area contributed by atoms with E-state index in [2.05, 4.69) is 26.1 Å². The van der Waals surface area contributed by atoms with Crippen LogP contribution in [0.1, 0.15) is 23.7 Å². The monoisotopic (exact) mass is 516 g/mol. The summed E-state index contributed by atoms with van der Waals surface area (Å²) in [6.07, 6.45) is 7.56. The molecule has 2 unspecified atom stereocenters. The minimum absolute atomic E-state index is 0.0243. The van der Waals surface area contributed by atoms with Crippen LogP contribution in [0.3, 0.4) is 0 Å². The number of anilines is 1. The van der Waals surface area contributed by atoms with Gasteiger partial charge >= 0.3 is 0 Å². The highest BCUT2D eigenvalue weighted by Gasteiger charge is 2.21. The van der Waals surface area contributed by atoms with Gasteiger partial charge in [0.2, 0.25) is 0 Å². The van der Waals surface area contributed by atoms with E-state index in [4.69, 9.17) is 4.74 Å². The summed E-state index contributed by atoms with van der Waals surface area (Å²) >= 11 is 0. The number of fused-ring (bicyclic) bond motifs is 1. The number of rotatable bonds is 9. The van der Waals surface area contributed by atoms with Gasteiger partial charge in [-0.2, -0.15) is 0 Å². The van der Waals surface area contributed by atoms with Gasteiger partial charge in [0.05, 0.1) is 22.9 Å². The standard InChI is InChI=1S/C28H28N4O4S/c33-27(23-3-1-13-29-16-23)19-31-18-25-9-5-22-15-21(8-12-28(22)36-25)20-6-10-26(11-7-20)37(34,35)32-24-4-2-14-30-17-24/h1-4,6-8,10-17,25,27,31-33H,5,9,18-19H2. The van der Waals surface area contributed by atoms with Crippen molar-refractivity contribution in [3.05, 3.63) is 103 Å². The molecule has 8 nitrogen and oxygen atoms in total. The van der Waals surface area contributed by atoms with Crippen LogP contribution in [0.15, 0.2) is 96.4 Å². The van der Waals surface area contributed by atoms with Crippen molar-refractivity contribution in [1.82, 2.24) is 15.3 Å². The van der Waals surface area contributed by atoms with E-state index in [0.29, 0.717) is 18.8 Å². The largest absolute Gasteiger partial charge is 0.489 e. The summed E-state index contributed by atoms with van der Waals surface area (Å²) in [6.45, 7) is 1.07. The first-order valence-corrected chi connectivity index (χ1v) is 13.6. The lowest BCUT2D eigenvalue weighted by atomic mass is 9.97. The number of hydrogen-bond acceptors (Lipinski definition) is 7. The highest BCUT2D eigenvalue weighted by Crippen LogP contribution is 2.32. The molecular formula is C28H28N4O4S. The minimum Gasteiger partial charge on any atom is -0.489 e. The molecule has 0 fully saturated rings. The molecule has 2 aromatic heterocycles. The Morgan fingerprint density at radius 2 is 1.73 bits per heavy atom. The number of aliphatic hydroxyl groups excluding tert-OH is 1. The van der Waals surface area contributed by atoms with Crippen LogP contribution in [0, 0.1) is 0 Å². The second-order valence-electron chi connectivity index (χ2n) is 8.93. The molecule has 3 N–H and O–H groups in total. The predicted octanol–water partition coefficient (Wildman–Crippen LogP) is 3.96. The smallest absolute Gasteiger partial charge is 0.261 e. The molecule has 0 radical (unpaired) electrons. The highest BCUT2D eigenvalue weighted by molar-refractivity contribution is 7.92. The summed E-state index contributed by atoms with van der Waals surface area (Å²) in [5.41, 5.74) is 4.25. The van der Waals surface area contributed by atoms with Crippen LogP contribution < -0.4 is 14.8 Å². The van der Waals surface area contributed by atoms with Crippen molar-refractivity contribution in [1.29, 1.82) is 0 Å². The van der Waals surface area contributed by atoms with Crippen molar-refractivity contribution >= 4 is 15.7 Å². The summed E-state index contributed by atoms with van der Waals surface area (Å²) < 4.78 is 34.1. The van der Waals surface area contributed by atoms with Crippen LogP contribution in [-0.4, -0.2) is 42.7 Å². The zero-order valence-corrected chi connectivity index (χ0v) is 20.9.